The van der Waals surface area contributed by atoms with Crippen LogP contribution in [0.15, 0.2) is 30.3 Å². The minimum absolute atomic E-state index is 0.0721. The molecule has 2 heterocycles. The van der Waals surface area contributed by atoms with Gasteiger partial charge in [-0.2, -0.15) is 5.10 Å². The fourth-order valence-electron chi connectivity index (χ4n) is 2.82. The van der Waals surface area contributed by atoms with E-state index >= 15 is 0 Å². The van der Waals surface area contributed by atoms with Crippen molar-refractivity contribution in [1.29, 1.82) is 0 Å². The molecule has 1 aromatic carbocycles. The fraction of sp³-hybridized carbons (Fsp3) is 0.412. The van der Waals surface area contributed by atoms with Gasteiger partial charge in [-0.05, 0) is 44.2 Å². The van der Waals surface area contributed by atoms with Gasteiger partial charge in [-0.1, -0.05) is 0 Å². The standard InChI is InChI=1S/C17H20F2N4O/c1-12-11-13(2)23(21-12)15-5-3-14(4-6-15)20-16(24)22-9-7-17(18,19)8-10-22/h3-6,11H,7-10H2,1-2H3,(H,20,24). The van der Waals surface area contributed by atoms with Gasteiger partial charge in [0, 0.05) is 37.3 Å². The molecule has 0 spiro atoms. The van der Waals surface area contributed by atoms with Gasteiger partial charge in [0.2, 0.25) is 0 Å². The summed E-state index contributed by atoms with van der Waals surface area (Å²) in [4.78, 5) is 13.6. The number of hydrogen-bond donors (Lipinski definition) is 1. The Bertz CT molecular complexity index is 730. The third-order valence-corrected chi connectivity index (χ3v) is 4.15. The highest BCUT2D eigenvalue weighted by Gasteiger charge is 2.35. The Kier molecular flexibility index (Phi) is 4.26. The number of piperidine rings is 1. The van der Waals surface area contributed by atoms with Crippen LogP contribution in [0.1, 0.15) is 24.2 Å². The highest BCUT2D eigenvalue weighted by molar-refractivity contribution is 5.89. The van der Waals surface area contributed by atoms with Crippen LogP contribution < -0.4 is 5.32 Å². The number of anilines is 1. The van der Waals surface area contributed by atoms with Gasteiger partial charge in [0.25, 0.3) is 5.92 Å². The van der Waals surface area contributed by atoms with Crippen LogP contribution in [-0.2, 0) is 0 Å². The average molecular weight is 334 g/mol. The quantitative estimate of drug-likeness (QED) is 0.909. The number of amides is 2. The van der Waals surface area contributed by atoms with Crippen molar-refractivity contribution in [2.24, 2.45) is 0 Å². The number of aryl methyl sites for hydroxylation is 2. The molecule has 0 saturated carbocycles. The predicted molar refractivity (Wildman–Crippen MR) is 87.8 cm³/mol. The molecule has 2 amide bonds. The number of benzene rings is 1. The summed E-state index contributed by atoms with van der Waals surface area (Å²) in [6, 6.07) is 8.93. The van der Waals surface area contributed by atoms with E-state index in [4.69, 9.17) is 0 Å². The second-order valence-electron chi connectivity index (χ2n) is 6.16. The van der Waals surface area contributed by atoms with Crippen molar-refractivity contribution in [3.63, 3.8) is 0 Å². The van der Waals surface area contributed by atoms with E-state index in [1.165, 1.54) is 4.90 Å². The molecule has 1 aromatic heterocycles. The summed E-state index contributed by atoms with van der Waals surface area (Å²) < 4.78 is 28.1. The van der Waals surface area contributed by atoms with Crippen LogP contribution in [0.5, 0.6) is 0 Å². The van der Waals surface area contributed by atoms with Crippen LogP contribution in [0.2, 0.25) is 0 Å². The number of nitrogens with zero attached hydrogens (tertiary/aromatic N) is 3. The second-order valence-corrected chi connectivity index (χ2v) is 6.16. The molecule has 0 unspecified atom stereocenters. The first-order chi connectivity index (χ1) is 11.3. The Morgan fingerprint density at radius 2 is 1.79 bits per heavy atom. The maximum atomic E-state index is 13.1. The number of urea groups is 1. The molecule has 1 aliphatic rings. The van der Waals surface area contributed by atoms with Crippen LogP contribution in [0.3, 0.4) is 0 Å². The number of carbonyl (C=O) groups is 1. The normalized spacial score (nSPS) is 16.9. The van der Waals surface area contributed by atoms with Crippen molar-refractivity contribution in [2.45, 2.75) is 32.6 Å². The Balaban J connectivity index is 1.64. The first-order valence-electron chi connectivity index (χ1n) is 7.91. The van der Waals surface area contributed by atoms with E-state index in [9.17, 15) is 13.6 Å². The molecule has 0 atom stereocenters. The number of hydrogen-bond acceptors (Lipinski definition) is 2. The molecule has 0 aliphatic carbocycles. The second kappa shape index (κ2) is 6.22. The first kappa shape index (κ1) is 16.4. The van der Waals surface area contributed by atoms with Gasteiger partial charge in [0.1, 0.15) is 0 Å². The lowest BCUT2D eigenvalue weighted by atomic mass is 10.1. The summed E-state index contributed by atoms with van der Waals surface area (Å²) in [7, 11) is 0. The van der Waals surface area contributed by atoms with E-state index in [1.807, 2.05) is 36.7 Å². The monoisotopic (exact) mass is 334 g/mol. The van der Waals surface area contributed by atoms with E-state index < -0.39 is 5.92 Å². The van der Waals surface area contributed by atoms with Gasteiger partial charge in [0.05, 0.1) is 11.4 Å². The van der Waals surface area contributed by atoms with Crippen molar-refractivity contribution in [3.05, 3.63) is 41.7 Å². The van der Waals surface area contributed by atoms with Crippen LogP contribution in [0.4, 0.5) is 19.3 Å². The van der Waals surface area contributed by atoms with Crippen molar-refractivity contribution in [3.8, 4) is 5.69 Å². The van der Waals surface area contributed by atoms with Crippen LogP contribution in [-0.4, -0.2) is 39.7 Å². The van der Waals surface area contributed by atoms with Gasteiger partial charge >= 0.3 is 6.03 Å². The van der Waals surface area contributed by atoms with E-state index in [0.29, 0.717) is 5.69 Å². The van der Waals surface area contributed by atoms with E-state index in [2.05, 4.69) is 10.4 Å². The number of nitrogens with one attached hydrogen (secondary N) is 1. The molecule has 1 saturated heterocycles. The highest BCUT2D eigenvalue weighted by Crippen LogP contribution is 2.28. The van der Waals surface area contributed by atoms with Crippen LogP contribution >= 0.6 is 0 Å². The number of alkyl halides is 2. The first-order valence-corrected chi connectivity index (χ1v) is 7.91. The molecule has 0 bridgehead atoms. The molecular weight excluding hydrogens is 314 g/mol. The Labute approximate surface area is 139 Å². The van der Waals surface area contributed by atoms with Crippen molar-refractivity contribution in [1.82, 2.24) is 14.7 Å². The van der Waals surface area contributed by atoms with Gasteiger partial charge in [0.15, 0.2) is 0 Å². The SMILES string of the molecule is Cc1cc(C)n(-c2ccc(NC(=O)N3CCC(F)(F)CC3)cc2)n1. The summed E-state index contributed by atoms with van der Waals surface area (Å²) in [5.41, 5.74) is 3.49. The third kappa shape index (κ3) is 3.55. The number of likely N-dealkylation sites (tertiary alicyclic amines) is 1. The third-order valence-electron chi connectivity index (χ3n) is 4.15. The summed E-state index contributed by atoms with van der Waals surface area (Å²) in [5.74, 6) is -2.65. The van der Waals surface area contributed by atoms with Crippen molar-refractivity contribution < 1.29 is 13.6 Å². The molecule has 2 aromatic rings. The Hall–Kier alpha value is -2.44. The molecular formula is C17H20F2N4O. The molecule has 128 valence electrons. The highest BCUT2D eigenvalue weighted by atomic mass is 19.3. The van der Waals surface area contributed by atoms with E-state index in [1.54, 1.807) is 12.1 Å². The minimum Gasteiger partial charge on any atom is -0.324 e. The fourth-order valence-corrected chi connectivity index (χ4v) is 2.82. The van der Waals surface area contributed by atoms with Crippen LogP contribution in [0.25, 0.3) is 5.69 Å². The Morgan fingerprint density at radius 3 is 2.33 bits per heavy atom. The van der Waals surface area contributed by atoms with Gasteiger partial charge in [-0.15, -0.1) is 0 Å². The molecule has 24 heavy (non-hydrogen) atoms. The van der Waals surface area contributed by atoms with E-state index in [0.717, 1.165) is 17.1 Å². The lowest BCUT2D eigenvalue weighted by Crippen LogP contribution is -2.44. The van der Waals surface area contributed by atoms with Gasteiger partial charge in [-0.25, -0.2) is 18.3 Å². The molecule has 7 heteroatoms. The molecule has 1 fully saturated rings. The van der Waals surface area contributed by atoms with E-state index in [-0.39, 0.29) is 32.0 Å². The molecule has 3 rings (SSSR count). The topological polar surface area (TPSA) is 50.2 Å². The maximum absolute atomic E-state index is 13.1. The van der Waals surface area contributed by atoms with Gasteiger partial charge < -0.3 is 10.2 Å². The maximum Gasteiger partial charge on any atom is 0.321 e. The minimum atomic E-state index is -2.65. The molecule has 1 N–H and O–H groups in total. The molecule has 5 nitrogen and oxygen atoms in total. The predicted octanol–water partition coefficient (Wildman–Crippen LogP) is 3.75. The lowest BCUT2D eigenvalue weighted by molar-refractivity contribution is -0.0461. The zero-order valence-electron chi connectivity index (χ0n) is 13.7. The Morgan fingerprint density at radius 1 is 1.17 bits per heavy atom. The number of halogens is 2. The van der Waals surface area contributed by atoms with Crippen molar-refractivity contribution in [2.75, 3.05) is 18.4 Å². The molecule has 1 aliphatic heterocycles. The number of aromatic nitrogens is 2. The summed E-state index contributed by atoms with van der Waals surface area (Å²) in [6.07, 6.45) is -0.561. The van der Waals surface area contributed by atoms with Crippen LogP contribution in [0, 0.1) is 13.8 Å². The summed E-state index contributed by atoms with van der Waals surface area (Å²) >= 11 is 0. The largest absolute Gasteiger partial charge is 0.324 e. The molecule has 0 radical (unpaired) electrons. The van der Waals surface area contributed by atoms with Crippen molar-refractivity contribution >= 4 is 11.7 Å². The number of rotatable bonds is 2. The smallest absolute Gasteiger partial charge is 0.321 e. The zero-order valence-corrected chi connectivity index (χ0v) is 13.7. The average Bonchev–Trinajstić information content (AvgIpc) is 2.86. The number of carbonyl (C=O) groups excluding carboxylic acids is 1. The summed E-state index contributed by atoms with van der Waals surface area (Å²) in [5, 5.41) is 7.16. The van der Waals surface area contributed by atoms with Gasteiger partial charge in [-0.3, -0.25) is 0 Å². The summed E-state index contributed by atoms with van der Waals surface area (Å²) in [6.45, 7) is 4.05. The zero-order chi connectivity index (χ0) is 17.3. The lowest BCUT2D eigenvalue weighted by Gasteiger charge is -2.31.